The number of pyridine rings is 1. The van der Waals surface area contributed by atoms with Crippen molar-refractivity contribution >= 4 is 11.3 Å². The Kier molecular flexibility index (Phi) is 4.62. The molecule has 4 heterocycles. The van der Waals surface area contributed by atoms with E-state index in [-0.39, 0.29) is 5.56 Å². The summed E-state index contributed by atoms with van der Waals surface area (Å²) in [7, 11) is 3.20. The van der Waals surface area contributed by atoms with Gasteiger partial charge in [-0.3, -0.25) is 9.20 Å². The lowest BCUT2D eigenvalue weighted by Crippen LogP contribution is -2.26. The standard InChI is InChI=1S/C23H26N4O3/c1-14-6-18(26-11-16-9-24-10-17(16)12-26)13-27-22(28)8-19(25-23(14)27)15-4-5-20(29-2)21(7-15)30-3/h4-8,13,16-17,24H,9-12H2,1-3H3/t16-,17?/m1/s1. The van der Waals surface area contributed by atoms with Gasteiger partial charge in [-0.25, -0.2) is 4.98 Å². The fraction of sp³-hybridized carbons (Fsp3) is 0.391. The number of hydrogen-bond acceptors (Lipinski definition) is 6. The van der Waals surface area contributed by atoms with E-state index >= 15 is 0 Å². The van der Waals surface area contributed by atoms with Crippen LogP contribution in [0.3, 0.4) is 0 Å². The summed E-state index contributed by atoms with van der Waals surface area (Å²) >= 11 is 0. The minimum atomic E-state index is -0.0872. The van der Waals surface area contributed by atoms with E-state index in [2.05, 4.69) is 16.3 Å². The number of ether oxygens (including phenoxy) is 2. The average molecular weight is 406 g/mol. The molecule has 2 aliphatic heterocycles. The molecule has 1 N–H and O–H groups in total. The van der Waals surface area contributed by atoms with Crippen LogP contribution in [-0.4, -0.2) is 49.8 Å². The molecule has 156 valence electrons. The summed E-state index contributed by atoms with van der Waals surface area (Å²) in [6.07, 6.45) is 1.94. The van der Waals surface area contributed by atoms with Gasteiger partial charge >= 0.3 is 0 Å². The zero-order valence-corrected chi connectivity index (χ0v) is 17.5. The lowest BCUT2D eigenvalue weighted by Gasteiger charge is -2.21. The van der Waals surface area contributed by atoms with Crippen molar-refractivity contribution < 1.29 is 9.47 Å². The maximum atomic E-state index is 13.0. The van der Waals surface area contributed by atoms with E-state index in [0.717, 1.165) is 43.0 Å². The van der Waals surface area contributed by atoms with Crippen molar-refractivity contribution in [1.82, 2.24) is 14.7 Å². The van der Waals surface area contributed by atoms with Gasteiger partial charge in [0.2, 0.25) is 0 Å². The molecular formula is C23H26N4O3. The number of fused-ring (bicyclic) bond motifs is 2. The van der Waals surface area contributed by atoms with E-state index in [0.29, 0.717) is 34.7 Å². The van der Waals surface area contributed by atoms with Gasteiger partial charge in [-0.2, -0.15) is 0 Å². The van der Waals surface area contributed by atoms with Crippen LogP contribution in [0, 0.1) is 18.8 Å². The Balaban J connectivity index is 1.55. The first-order chi connectivity index (χ1) is 14.6. The highest BCUT2D eigenvalue weighted by molar-refractivity contribution is 5.67. The number of rotatable bonds is 4. The summed E-state index contributed by atoms with van der Waals surface area (Å²) in [5.74, 6) is 2.65. The van der Waals surface area contributed by atoms with E-state index in [1.165, 1.54) is 0 Å². The molecule has 2 atom stereocenters. The lowest BCUT2D eigenvalue weighted by molar-refractivity contribution is 0.355. The molecule has 1 aromatic carbocycles. The molecule has 0 radical (unpaired) electrons. The second-order valence-corrected chi connectivity index (χ2v) is 8.21. The second-order valence-electron chi connectivity index (χ2n) is 8.21. The average Bonchev–Trinajstić information content (AvgIpc) is 3.36. The predicted molar refractivity (Wildman–Crippen MR) is 117 cm³/mol. The second kappa shape index (κ2) is 7.32. The van der Waals surface area contributed by atoms with Gasteiger partial charge in [-0.1, -0.05) is 0 Å². The molecule has 2 aromatic heterocycles. The van der Waals surface area contributed by atoms with Gasteiger partial charge in [0, 0.05) is 44.0 Å². The fourth-order valence-electron chi connectivity index (χ4n) is 4.73. The minimum Gasteiger partial charge on any atom is -0.493 e. The summed E-state index contributed by atoms with van der Waals surface area (Å²) < 4.78 is 12.4. The van der Waals surface area contributed by atoms with Crippen LogP contribution < -0.4 is 25.2 Å². The number of nitrogens with zero attached hydrogens (tertiary/aromatic N) is 3. The van der Waals surface area contributed by atoms with Crippen LogP contribution in [0.4, 0.5) is 5.69 Å². The van der Waals surface area contributed by atoms with Gasteiger partial charge in [-0.05, 0) is 48.6 Å². The van der Waals surface area contributed by atoms with Crippen LogP contribution in [0.2, 0.25) is 0 Å². The summed E-state index contributed by atoms with van der Waals surface area (Å²) in [5.41, 5.74) is 4.11. The third-order valence-corrected chi connectivity index (χ3v) is 6.36. The highest BCUT2D eigenvalue weighted by Gasteiger charge is 2.36. The van der Waals surface area contributed by atoms with Gasteiger partial charge in [-0.15, -0.1) is 0 Å². The van der Waals surface area contributed by atoms with E-state index in [4.69, 9.17) is 14.5 Å². The zero-order valence-electron chi connectivity index (χ0n) is 17.5. The number of nitrogens with one attached hydrogen (secondary N) is 1. The molecule has 1 unspecified atom stereocenters. The number of aryl methyl sites for hydroxylation is 1. The first-order valence-corrected chi connectivity index (χ1v) is 10.3. The van der Waals surface area contributed by atoms with E-state index < -0.39 is 0 Å². The van der Waals surface area contributed by atoms with Crippen LogP contribution >= 0.6 is 0 Å². The first kappa shape index (κ1) is 18.9. The van der Waals surface area contributed by atoms with Crippen molar-refractivity contribution in [3.63, 3.8) is 0 Å². The summed E-state index contributed by atoms with van der Waals surface area (Å²) in [6, 6.07) is 9.29. The third-order valence-electron chi connectivity index (χ3n) is 6.36. The summed E-state index contributed by atoms with van der Waals surface area (Å²) in [6.45, 7) is 6.26. The monoisotopic (exact) mass is 406 g/mol. The maximum absolute atomic E-state index is 13.0. The van der Waals surface area contributed by atoms with Crippen LogP contribution in [0.15, 0.2) is 41.3 Å². The summed E-state index contributed by atoms with van der Waals surface area (Å²) in [4.78, 5) is 20.2. The van der Waals surface area contributed by atoms with Crippen LogP contribution in [0.25, 0.3) is 16.9 Å². The smallest absolute Gasteiger partial charge is 0.258 e. The largest absolute Gasteiger partial charge is 0.493 e. The molecule has 3 aromatic rings. The molecule has 5 rings (SSSR count). The number of anilines is 1. The van der Waals surface area contributed by atoms with Crippen LogP contribution in [0.1, 0.15) is 5.56 Å². The van der Waals surface area contributed by atoms with Gasteiger partial charge in [0.25, 0.3) is 5.56 Å². The molecule has 0 bridgehead atoms. The highest BCUT2D eigenvalue weighted by Crippen LogP contribution is 2.33. The van der Waals surface area contributed by atoms with Crippen molar-refractivity contribution in [3.05, 3.63) is 52.4 Å². The fourth-order valence-corrected chi connectivity index (χ4v) is 4.73. The molecule has 0 aliphatic carbocycles. The van der Waals surface area contributed by atoms with Crippen molar-refractivity contribution in [2.75, 3.05) is 45.3 Å². The molecular weight excluding hydrogens is 380 g/mol. The van der Waals surface area contributed by atoms with Crippen molar-refractivity contribution in [1.29, 1.82) is 0 Å². The molecule has 2 aliphatic rings. The Morgan fingerprint density at radius 2 is 1.77 bits per heavy atom. The molecule has 0 amide bonds. The van der Waals surface area contributed by atoms with Crippen molar-refractivity contribution in [2.45, 2.75) is 6.92 Å². The first-order valence-electron chi connectivity index (χ1n) is 10.3. The Labute approximate surface area is 175 Å². The molecule has 0 spiro atoms. The number of benzene rings is 1. The third kappa shape index (κ3) is 3.10. The Bertz CT molecular complexity index is 1160. The summed E-state index contributed by atoms with van der Waals surface area (Å²) in [5, 5.41) is 3.47. The molecule has 2 fully saturated rings. The van der Waals surface area contributed by atoms with E-state index in [9.17, 15) is 4.79 Å². The molecule has 7 heteroatoms. The topological polar surface area (TPSA) is 68.1 Å². The SMILES string of the molecule is COc1ccc(-c2cc(=O)n3cc(N4CC5CNC[C@@H]5C4)cc(C)c3n2)cc1OC. The number of aromatic nitrogens is 2. The quantitative estimate of drug-likeness (QED) is 0.717. The minimum absolute atomic E-state index is 0.0872. The zero-order chi connectivity index (χ0) is 20.8. The van der Waals surface area contributed by atoms with Crippen molar-refractivity contribution in [2.24, 2.45) is 11.8 Å². The molecule has 7 nitrogen and oxygen atoms in total. The van der Waals surface area contributed by atoms with Gasteiger partial charge in [0.1, 0.15) is 5.65 Å². The highest BCUT2D eigenvalue weighted by atomic mass is 16.5. The Hall–Kier alpha value is -3.06. The van der Waals surface area contributed by atoms with Gasteiger partial charge < -0.3 is 19.7 Å². The number of methoxy groups -OCH3 is 2. The molecule has 0 saturated carbocycles. The lowest BCUT2D eigenvalue weighted by atomic mass is 10.0. The van der Waals surface area contributed by atoms with Crippen LogP contribution in [-0.2, 0) is 0 Å². The maximum Gasteiger partial charge on any atom is 0.258 e. The molecule has 30 heavy (non-hydrogen) atoms. The normalized spacial score (nSPS) is 20.6. The Morgan fingerprint density at radius 3 is 2.47 bits per heavy atom. The van der Waals surface area contributed by atoms with Gasteiger partial charge in [0.15, 0.2) is 11.5 Å². The van der Waals surface area contributed by atoms with Gasteiger partial charge in [0.05, 0.1) is 25.6 Å². The Morgan fingerprint density at radius 1 is 1.03 bits per heavy atom. The van der Waals surface area contributed by atoms with E-state index in [1.807, 2.05) is 31.3 Å². The molecule has 2 saturated heterocycles. The van der Waals surface area contributed by atoms with Crippen molar-refractivity contribution in [3.8, 4) is 22.8 Å². The van der Waals surface area contributed by atoms with E-state index in [1.54, 1.807) is 24.7 Å². The number of hydrogen-bond donors (Lipinski definition) is 1. The van der Waals surface area contributed by atoms with Crippen LogP contribution in [0.5, 0.6) is 11.5 Å². The predicted octanol–water partition coefficient (Wildman–Crippen LogP) is 2.34.